The Morgan fingerprint density at radius 2 is 1.91 bits per heavy atom. The molecule has 8 heteroatoms. The van der Waals surface area contributed by atoms with Gasteiger partial charge in [-0.3, -0.25) is 9.59 Å². The van der Waals surface area contributed by atoms with Crippen molar-refractivity contribution in [3.05, 3.63) is 28.8 Å². The van der Waals surface area contributed by atoms with Crippen LogP contribution in [0.15, 0.2) is 12.1 Å². The SMILES string of the molecule is C[C@@H]1OCCN(C(=O)C(=O)Nc2c(F)cc(Cl)cc2F)[C@H]1C. The summed E-state index contributed by atoms with van der Waals surface area (Å²) < 4.78 is 32.6. The number of nitrogens with one attached hydrogen (secondary N) is 1. The predicted octanol–water partition coefficient (Wildman–Crippen LogP) is 2.19. The predicted molar refractivity (Wildman–Crippen MR) is 76.6 cm³/mol. The number of anilines is 1. The van der Waals surface area contributed by atoms with Gasteiger partial charge < -0.3 is 15.0 Å². The number of hydrogen-bond donors (Lipinski definition) is 1. The first-order valence-corrected chi connectivity index (χ1v) is 7.07. The number of carbonyl (C=O) groups excluding carboxylic acids is 2. The summed E-state index contributed by atoms with van der Waals surface area (Å²) >= 11 is 5.50. The molecule has 1 heterocycles. The monoisotopic (exact) mass is 332 g/mol. The second-order valence-corrected chi connectivity index (χ2v) is 5.45. The Morgan fingerprint density at radius 1 is 1.32 bits per heavy atom. The molecule has 5 nitrogen and oxygen atoms in total. The van der Waals surface area contributed by atoms with E-state index in [9.17, 15) is 18.4 Å². The van der Waals surface area contributed by atoms with Crippen LogP contribution in [0.5, 0.6) is 0 Å². The molecule has 1 fully saturated rings. The first-order chi connectivity index (χ1) is 10.3. The molecule has 0 saturated carbocycles. The highest BCUT2D eigenvalue weighted by Crippen LogP contribution is 2.23. The Labute approximate surface area is 131 Å². The molecule has 2 atom stereocenters. The van der Waals surface area contributed by atoms with Crippen LogP contribution in [0.25, 0.3) is 0 Å². The second kappa shape index (κ2) is 6.58. The van der Waals surface area contributed by atoms with E-state index in [1.54, 1.807) is 13.8 Å². The standard InChI is InChI=1S/C14H15ClF2N2O3/c1-7-8(2)22-4-3-19(7)14(21)13(20)18-12-10(16)5-9(15)6-11(12)17/h5-8H,3-4H2,1-2H3,(H,18,20)/t7-,8-/m0/s1. The molecule has 1 aliphatic heterocycles. The fourth-order valence-corrected chi connectivity index (χ4v) is 2.37. The van der Waals surface area contributed by atoms with Gasteiger partial charge in [0.15, 0.2) is 11.6 Å². The average Bonchev–Trinajstić information content (AvgIpc) is 2.44. The highest BCUT2D eigenvalue weighted by molar-refractivity contribution is 6.39. The zero-order valence-electron chi connectivity index (χ0n) is 12.0. The van der Waals surface area contributed by atoms with Crippen LogP contribution in [0.2, 0.25) is 5.02 Å². The minimum atomic E-state index is -1.11. The van der Waals surface area contributed by atoms with Gasteiger partial charge in [-0.15, -0.1) is 0 Å². The van der Waals surface area contributed by atoms with Gasteiger partial charge in [0.2, 0.25) is 0 Å². The van der Waals surface area contributed by atoms with Crippen molar-refractivity contribution in [3.8, 4) is 0 Å². The van der Waals surface area contributed by atoms with Crippen molar-refractivity contribution < 1.29 is 23.1 Å². The fourth-order valence-electron chi connectivity index (χ4n) is 2.18. The molecule has 1 aromatic rings. The number of nitrogens with zero attached hydrogens (tertiary/aromatic N) is 1. The number of carbonyl (C=O) groups is 2. The summed E-state index contributed by atoms with van der Waals surface area (Å²) in [5.41, 5.74) is -0.697. The van der Waals surface area contributed by atoms with Crippen LogP contribution < -0.4 is 5.32 Å². The molecule has 0 bridgehead atoms. The lowest BCUT2D eigenvalue weighted by Gasteiger charge is -2.37. The lowest BCUT2D eigenvalue weighted by molar-refractivity contribution is -0.152. The maximum absolute atomic E-state index is 13.6. The van der Waals surface area contributed by atoms with E-state index in [1.807, 2.05) is 5.32 Å². The third-order valence-electron chi connectivity index (χ3n) is 3.58. The van der Waals surface area contributed by atoms with Crippen LogP contribution in [0.4, 0.5) is 14.5 Å². The Kier molecular flexibility index (Phi) is 4.97. The van der Waals surface area contributed by atoms with E-state index >= 15 is 0 Å². The van der Waals surface area contributed by atoms with Gasteiger partial charge in [-0.1, -0.05) is 11.6 Å². The molecule has 22 heavy (non-hydrogen) atoms. The maximum atomic E-state index is 13.6. The Bertz CT molecular complexity index is 589. The molecular weight excluding hydrogens is 318 g/mol. The summed E-state index contributed by atoms with van der Waals surface area (Å²) in [4.78, 5) is 25.4. The van der Waals surface area contributed by atoms with E-state index in [2.05, 4.69) is 0 Å². The summed E-state index contributed by atoms with van der Waals surface area (Å²) in [5, 5.41) is 1.81. The van der Waals surface area contributed by atoms with E-state index in [0.717, 1.165) is 12.1 Å². The van der Waals surface area contributed by atoms with Crippen LogP contribution in [0, 0.1) is 11.6 Å². The van der Waals surface area contributed by atoms with Crippen LogP contribution in [-0.2, 0) is 14.3 Å². The molecule has 1 N–H and O–H groups in total. The lowest BCUT2D eigenvalue weighted by atomic mass is 10.1. The molecule has 0 unspecified atom stereocenters. The van der Waals surface area contributed by atoms with Crippen LogP contribution >= 0.6 is 11.6 Å². The summed E-state index contributed by atoms with van der Waals surface area (Å²) in [7, 11) is 0. The second-order valence-electron chi connectivity index (χ2n) is 5.01. The van der Waals surface area contributed by atoms with E-state index < -0.39 is 29.1 Å². The normalized spacial score (nSPS) is 21.6. The van der Waals surface area contributed by atoms with Gasteiger partial charge in [-0.25, -0.2) is 8.78 Å². The number of rotatable bonds is 1. The van der Waals surface area contributed by atoms with Gasteiger partial charge in [-0.05, 0) is 26.0 Å². The largest absolute Gasteiger partial charge is 0.375 e. The van der Waals surface area contributed by atoms with Gasteiger partial charge in [0.05, 0.1) is 18.8 Å². The molecule has 120 valence electrons. The maximum Gasteiger partial charge on any atom is 0.314 e. The van der Waals surface area contributed by atoms with Gasteiger partial charge in [0, 0.05) is 11.6 Å². The number of ether oxygens (including phenoxy) is 1. The van der Waals surface area contributed by atoms with Gasteiger partial charge >= 0.3 is 11.8 Å². The van der Waals surface area contributed by atoms with E-state index in [4.69, 9.17) is 16.3 Å². The number of amides is 2. The number of morpholine rings is 1. The summed E-state index contributed by atoms with van der Waals surface area (Å²) in [6.07, 6.45) is -0.227. The molecule has 0 aliphatic carbocycles. The van der Waals surface area contributed by atoms with Gasteiger partial charge in [0.1, 0.15) is 5.69 Å². The van der Waals surface area contributed by atoms with Crippen LogP contribution in [0.3, 0.4) is 0 Å². The van der Waals surface area contributed by atoms with Crippen LogP contribution in [0.1, 0.15) is 13.8 Å². The minimum Gasteiger partial charge on any atom is -0.375 e. The number of halogens is 3. The molecule has 2 rings (SSSR count). The number of hydrogen-bond acceptors (Lipinski definition) is 3. The highest BCUT2D eigenvalue weighted by Gasteiger charge is 2.33. The van der Waals surface area contributed by atoms with Crippen molar-refractivity contribution in [3.63, 3.8) is 0 Å². The Hall–Kier alpha value is -1.73. The zero-order valence-corrected chi connectivity index (χ0v) is 12.8. The molecule has 0 spiro atoms. The van der Waals surface area contributed by atoms with Crippen molar-refractivity contribution >= 4 is 29.1 Å². The third-order valence-corrected chi connectivity index (χ3v) is 3.80. The highest BCUT2D eigenvalue weighted by atomic mass is 35.5. The molecule has 0 radical (unpaired) electrons. The Morgan fingerprint density at radius 3 is 2.50 bits per heavy atom. The molecule has 2 amide bonds. The van der Waals surface area contributed by atoms with Crippen molar-refractivity contribution in [1.29, 1.82) is 0 Å². The Balaban J connectivity index is 2.14. The molecule has 1 aliphatic rings. The van der Waals surface area contributed by atoms with Crippen molar-refractivity contribution in [2.24, 2.45) is 0 Å². The van der Waals surface area contributed by atoms with Gasteiger partial charge in [0.25, 0.3) is 0 Å². The fraction of sp³-hybridized carbons (Fsp3) is 0.429. The lowest BCUT2D eigenvalue weighted by Crippen LogP contribution is -2.54. The van der Waals surface area contributed by atoms with Gasteiger partial charge in [-0.2, -0.15) is 0 Å². The minimum absolute atomic E-state index is 0.144. The summed E-state index contributed by atoms with van der Waals surface area (Å²) in [6.45, 7) is 4.05. The number of benzene rings is 1. The van der Waals surface area contributed by atoms with E-state index in [0.29, 0.717) is 6.61 Å². The van der Waals surface area contributed by atoms with Crippen molar-refractivity contribution in [2.45, 2.75) is 26.0 Å². The summed E-state index contributed by atoms with van der Waals surface area (Å²) in [6, 6.07) is 1.39. The molecular formula is C14H15ClF2N2O3. The third kappa shape index (κ3) is 3.36. The van der Waals surface area contributed by atoms with Crippen molar-refractivity contribution in [1.82, 2.24) is 4.90 Å². The van der Waals surface area contributed by atoms with Crippen LogP contribution in [-0.4, -0.2) is 42.0 Å². The molecule has 0 aromatic heterocycles. The molecule has 1 aromatic carbocycles. The average molecular weight is 333 g/mol. The summed E-state index contributed by atoms with van der Waals surface area (Å²) in [5.74, 6) is -4.07. The quantitative estimate of drug-likeness (QED) is 0.802. The van der Waals surface area contributed by atoms with E-state index in [-0.39, 0.29) is 23.7 Å². The first-order valence-electron chi connectivity index (χ1n) is 6.69. The topological polar surface area (TPSA) is 58.6 Å². The first kappa shape index (κ1) is 16.6. The smallest absolute Gasteiger partial charge is 0.314 e. The van der Waals surface area contributed by atoms with Crippen molar-refractivity contribution in [2.75, 3.05) is 18.5 Å². The van der Waals surface area contributed by atoms with E-state index in [1.165, 1.54) is 4.90 Å². The molecule has 1 saturated heterocycles. The zero-order chi connectivity index (χ0) is 16.4.